The van der Waals surface area contributed by atoms with Crippen LogP contribution in [-0.4, -0.2) is 0 Å². The smallest absolute Gasteiger partial charge is 0.159 e. The van der Waals surface area contributed by atoms with Gasteiger partial charge in [0.2, 0.25) is 0 Å². The molecule has 0 N–H and O–H groups in total. The molecule has 3 nitrogen and oxygen atoms in total. The Morgan fingerprint density at radius 3 is 2.05 bits per heavy atom. The fraction of sp³-hybridized carbons (Fsp3) is 0. The van der Waals surface area contributed by atoms with Gasteiger partial charge in [0.05, 0.1) is 16.1 Å². The molecule has 0 atom stereocenters. The second-order valence-corrected chi connectivity index (χ2v) is 15.5. The number of ether oxygens (including phenoxy) is 1. The summed E-state index contributed by atoms with van der Waals surface area (Å²) in [7, 11) is 0. The zero-order valence-electron chi connectivity index (χ0n) is 30.1. The molecule has 11 aromatic rings. The lowest BCUT2D eigenvalue weighted by atomic mass is 9.89. The maximum absolute atomic E-state index is 6.71. The van der Waals surface area contributed by atoms with E-state index in [4.69, 9.17) is 9.15 Å². The average molecular weight is 734 g/mol. The Hall–Kier alpha value is -7.14. The molecule has 0 unspecified atom stereocenters. The Balaban J connectivity index is 1.05. The van der Waals surface area contributed by atoms with Crippen LogP contribution < -0.4 is 9.64 Å². The first-order valence-electron chi connectivity index (χ1n) is 18.9. The van der Waals surface area contributed by atoms with Crippen molar-refractivity contribution in [3.8, 4) is 44.9 Å². The van der Waals surface area contributed by atoms with Gasteiger partial charge in [-0.15, -0.1) is 11.3 Å². The molecule has 3 heterocycles. The van der Waals surface area contributed by atoms with Crippen molar-refractivity contribution in [2.24, 2.45) is 0 Å². The van der Waals surface area contributed by atoms with Crippen molar-refractivity contribution in [3.05, 3.63) is 188 Å². The molecule has 56 heavy (non-hydrogen) atoms. The van der Waals surface area contributed by atoms with E-state index in [-0.39, 0.29) is 0 Å². The standard InChI is InChI=1S/C52H31NO2S/c1-2-12-32(13-3-1)33-26-27-38-41-19-9-18-40-36(28-29-47(50(40)41)54-48(38)31-33)34-14-8-15-35(30-34)53(44-22-10-20-42-37-16-4-6-24-46(37)55-51(42)44)45-23-11-21-43-39-17-5-7-25-49(39)56-52(43)45/h1-31H. The van der Waals surface area contributed by atoms with Crippen molar-refractivity contribution >= 4 is 81.3 Å². The van der Waals surface area contributed by atoms with Crippen molar-refractivity contribution in [2.75, 3.05) is 4.90 Å². The first-order valence-corrected chi connectivity index (χ1v) is 19.7. The Labute approximate surface area is 326 Å². The zero-order chi connectivity index (χ0) is 36.7. The number of hydrogen-bond acceptors (Lipinski definition) is 4. The highest BCUT2D eigenvalue weighted by atomic mass is 32.1. The van der Waals surface area contributed by atoms with Gasteiger partial charge in [-0.3, -0.25) is 0 Å². The van der Waals surface area contributed by atoms with Gasteiger partial charge in [-0.2, -0.15) is 0 Å². The minimum absolute atomic E-state index is 0.866. The average Bonchev–Trinajstić information content (AvgIpc) is 3.84. The van der Waals surface area contributed by atoms with Crippen LogP contribution in [0.3, 0.4) is 0 Å². The number of para-hydroxylation sites is 2. The van der Waals surface area contributed by atoms with E-state index >= 15 is 0 Å². The molecule has 0 spiro atoms. The summed E-state index contributed by atoms with van der Waals surface area (Å²) in [5.74, 6) is 1.76. The highest BCUT2D eigenvalue weighted by Gasteiger charge is 2.25. The number of rotatable bonds is 5. The molecular formula is C52H31NO2S. The number of furan rings is 1. The lowest BCUT2D eigenvalue weighted by Gasteiger charge is -2.27. The van der Waals surface area contributed by atoms with Crippen molar-refractivity contribution in [3.63, 3.8) is 0 Å². The molecule has 0 radical (unpaired) electrons. The molecule has 0 saturated heterocycles. The fourth-order valence-electron chi connectivity index (χ4n) is 8.73. The van der Waals surface area contributed by atoms with Gasteiger partial charge < -0.3 is 14.1 Å². The second kappa shape index (κ2) is 12.2. The van der Waals surface area contributed by atoms with E-state index in [1.807, 2.05) is 23.5 Å². The van der Waals surface area contributed by atoms with E-state index < -0.39 is 0 Å². The molecule has 9 aromatic carbocycles. The van der Waals surface area contributed by atoms with Gasteiger partial charge in [-0.1, -0.05) is 133 Å². The van der Waals surface area contributed by atoms with Gasteiger partial charge in [-0.25, -0.2) is 0 Å². The summed E-state index contributed by atoms with van der Waals surface area (Å²) in [5.41, 5.74) is 11.8. The minimum atomic E-state index is 0.866. The summed E-state index contributed by atoms with van der Waals surface area (Å²) in [4.78, 5) is 2.39. The van der Waals surface area contributed by atoms with Crippen LogP contribution in [-0.2, 0) is 0 Å². The summed E-state index contributed by atoms with van der Waals surface area (Å²) in [5, 5.41) is 7.03. The maximum atomic E-state index is 6.71. The van der Waals surface area contributed by atoms with Gasteiger partial charge in [0.1, 0.15) is 17.1 Å². The summed E-state index contributed by atoms with van der Waals surface area (Å²) in [6.07, 6.45) is 0. The molecule has 4 heteroatoms. The predicted octanol–water partition coefficient (Wildman–Crippen LogP) is 15.7. The number of nitrogens with zero attached hydrogens (tertiary/aromatic N) is 1. The Bertz CT molecular complexity index is 3240. The van der Waals surface area contributed by atoms with E-state index in [1.54, 1.807) is 0 Å². The molecular weight excluding hydrogens is 703 g/mol. The third-order valence-electron chi connectivity index (χ3n) is 11.3. The lowest BCUT2D eigenvalue weighted by molar-refractivity contribution is 0.487. The van der Waals surface area contributed by atoms with Crippen LogP contribution in [0.5, 0.6) is 11.5 Å². The van der Waals surface area contributed by atoms with Crippen LogP contribution in [0.1, 0.15) is 0 Å². The molecule has 0 saturated carbocycles. The summed E-state index contributed by atoms with van der Waals surface area (Å²) in [6, 6.07) is 67.1. The highest BCUT2D eigenvalue weighted by molar-refractivity contribution is 7.26. The number of fused-ring (bicyclic) bond motifs is 8. The van der Waals surface area contributed by atoms with E-state index in [0.29, 0.717) is 0 Å². The molecule has 0 amide bonds. The lowest BCUT2D eigenvalue weighted by Crippen LogP contribution is -2.10. The van der Waals surface area contributed by atoms with Crippen LogP contribution in [0.2, 0.25) is 0 Å². The quantitative estimate of drug-likeness (QED) is 0.176. The van der Waals surface area contributed by atoms with Crippen LogP contribution in [0.4, 0.5) is 17.1 Å². The number of hydrogen-bond donors (Lipinski definition) is 0. The van der Waals surface area contributed by atoms with E-state index in [1.165, 1.54) is 31.3 Å². The van der Waals surface area contributed by atoms with Crippen molar-refractivity contribution < 1.29 is 9.15 Å². The second-order valence-electron chi connectivity index (χ2n) is 14.4. The fourth-order valence-corrected chi connectivity index (χ4v) is 9.94. The summed E-state index contributed by atoms with van der Waals surface area (Å²) in [6.45, 7) is 0. The monoisotopic (exact) mass is 733 g/mol. The molecule has 2 aromatic heterocycles. The van der Waals surface area contributed by atoms with Crippen LogP contribution in [0.15, 0.2) is 192 Å². The molecule has 0 aliphatic carbocycles. The van der Waals surface area contributed by atoms with Crippen LogP contribution in [0, 0.1) is 0 Å². The summed E-state index contributed by atoms with van der Waals surface area (Å²) < 4.78 is 15.9. The van der Waals surface area contributed by atoms with Gasteiger partial charge in [0, 0.05) is 42.9 Å². The zero-order valence-corrected chi connectivity index (χ0v) is 30.9. The molecule has 1 aliphatic heterocycles. The Morgan fingerprint density at radius 1 is 0.411 bits per heavy atom. The third kappa shape index (κ3) is 4.70. The Kier molecular flexibility index (Phi) is 6.80. The van der Waals surface area contributed by atoms with Crippen molar-refractivity contribution in [1.82, 2.24) is 0 Å². The largest absolute Gasteiger partial charge is 0.456 e. The van der Waals surface area contributed by atoms with Crippen molar-refractivity contribution in [2.45, 2.75) is 0 Å². The molecule has 0 bridgehead atoms. The number of thiophene rings is 1. The van der Waals surface area contributed by atoms with Crippen molar-refractivity contribution in [1.29, 1.82) is 0 Å². The van der Waals surface area contributed by atoms with Gasteiger partial charge in [0.15, 0.2) is 5.58 Å². The van der Waals surface area contributed by atoms with Gasteiger partial charge in [-0.05, 0) is 87.8 Å². The number of benzene rings is 9. The minimum Gasteiger partial charge on any atom is -0.456 e. The van der Waals surface area contributed by atoms with Gasteiger partial charge >= 0.3 is 0 Å². The third-order valence-corrected chi connectivity index (χ3v) is 12.5. The Morgan fingerprint density at radius 2 is 1.12 bits per heavy atom. The first-order chi connectivity index (χ1) is 27.8. The van der Waals surface area contributed by atoms with E-state index in [2.05, 4.69) is 181 Å². The van der Waals surface area contributed by atoms with Gasteiger partial charge in [0.25, 0.3) is 0 Å². The number of anilines is 3. The topological polar surface area (TPSA) is 25.6 Å². The predicted molar refractivity (Wildman–Crippen MR) is 235 cm³/mol. The van der Waals surface area contributed by atoms with E-state index in [9.17, 15) is 0 Å². The highest BCUT2D eigenvalue weighted by Crippen LogP contribution is 2.51. The first kappa shape index (κ1) is 31.2. The summed E-state index contributed by atoms with van der Waals surface area (Å²) >= 11 is 1.84. The van der Waals surface area contributed by atoms with Crippen LogP contribution >= 0.6 is 11.3 Å². The molecule has 1 aliphatic rings. The molecule has 12 rings (SSSR count). The molecule has 0 fully saturated rings. The normalized spacial score (nSPS) is 12.1. The molecule has 262 valence electrons. The maximum Gasteiger partial charge on any atom is 0.159 e. The van der Waals surface area contributed by atoms with Crippen LogP contribution in [0.25, 0.3) is 86.3 Å². The SMILES string of the molecule is c1ccc(-c2ccc3c(c2)Oc2ccc(-c4cccc(N(c5cccc6c5oc5ccccc56)c5cccc6c5sc5ccccc56)c4)c4cccc-3c24)cc1. The van der Waals surface area contributed by atoms with E-state index in [0.717, 1.165) is 83.5 Å².